The van der Waals surface area contributed by atoms with Crippen molar-refractivity contribution in [2.45, 2.75) is 25.7 Å². The van der Waals surface area contributed by atoms with Crippen LogP contribution in [0.15, 0.2) is 18.2 Å². The second kappa shape index (κ2) is 2.50. The third-order valence-corrected chi connectivity index (χ3v) is 3.23. The molecule has 1 heteroatoms. The highest BCUT2D eigenvalue weighted by Crippen LogP contribution is 2.53. The molecule has 1 saturated carbocycles. The van der Waals surface area contributed by atoms with Crippen LogP contribution in [0.5, 0.6) is 5.75 Å². The van der Waals surface area contributed by atoms with Gasteiger partial charge in [-0.3, -0.25) is 0 Å². The maximum Gasteiger partial charge on any atom is 0.122 e. The Labute approximate surface area is 78.7 Å². The van der Waals surface area contributed by atoms with Crippen LogP contribution in [-0.4, -0.2) is 6.61 Å². The van der Waals surface area contributed by atoms with Gasteiger partial charge in [0, 0.05) is 0 Å². The summed E-state index contributed by atoms with van der Waals surface area (Å²) in [7, 11) is 0. The lowest BCUT2D eigenvalue weighted by atomic mass is 10.1. The molecule has 0 N–H and O–H groups in total. The first-order valence-corrected chi connectivity index (χ1v) is 5.08. The molecule has 1 aromatic rings. The Hall–Kier alpha value is -0.980. The normalized spacial score (nSPS) is 29.6. The highest BCUT2D eigenvalue weighted by molar-refractivity contribution is 5.43. The van der Waals surface area contributed by atoms with E-state index in [2.05, 4.69) is 25.1 Å². The first-order chi connectivity index (χ1) is 6.34. The number of hydrogen-bond acceptors (Lipinski definition) is 1. The van der Waals surface area contributed by atoms with Gasteiger partial charge in [0.05, 0.1) is 6.61 Å². The smallest absolute Gasteiger partial charge is 0.122 e. The fraction of sp³-hybridized carbons (Fsp3) is 0.500. The molecule has 2 atom stereocenters. The maximum atomic E-state index is 5.70. The van der Waals surface area contributed by atoms with Crippen molar-refractivity contribution in [1.29, 1.82) is 0 Å². The minimum absolute atomic E-state index is 0.817. The van der Waals surface area contributed by atoms with Gasteiger partial charge in [0.25, 0.3) is 0 Å². The molecule has 1 aliphatic carbocycles. The van der Waals surface area contributed by atoms with E-state index < -0.39 is 0 Å². The Morgan fingerprint density at radius 2 is 2.31 bits per heavy atom. The molecular formula is C12H14O. The number of aryl methyl sites for hydroxylation is 1. The fourth-order valence-electron chi connectivity index (χ4n) is 2.36. The molecule has 0 spiro atoms. The number of fused-ring (bicyclic) bond motifs is 3. The summed E-state index contributed by atoms with van der Waals surface area (Å²) in [4.78, 5) is 0. The molecule has 2 unspecified atom stereocenters. The number of hydrogen-bond donors (Lipinski definition) is 0. The Balaban J connectivity index is 2.09. The zero-order valence-corrected chi connectivity index (χ0v) is 7.92. The molecular weight excluding hydrogens is 160 g/mol. The van der Waals surface area contributed by atoms with E-state index >= 15 is 0 Å². The van der Waals surface area contributed by atoms with Crippen molar-refractivity contribution in [1.82, 2.24) is 0 Å². The first-order valence-electron chi connectivity index (χ1n) is 5.08. The average molecular weight is 174 g/mol. The van der Waals surface area contributed by atoms with Crippen LogP contribution in [0.3, 0.4) is 0 Å². The molecule has 1 aliphatic heterocycles. The lowest BCUT2D eigenvalue weighted by molar-refractivity contribution is 0.308. The average Bonchev–Trinajstić information content (AvgIpc) is 2.85. The predicted octanol–water partition coefficient (Wildman–Crippen LogP) is 2.88. The van der Waals surface area contributed by atoms with E-state index in [1.807, 2.05) is 0 Å². The molecule has 1 nitrogen and oxygen atoms in total. The standard InChI is InChI=1S/C12H14O/c1-8-2-3-12-11(6-8)10-7-9(10)4-5-13-12/h2-3,6,9-10H,4-5,7H2,1H3. The van der Waals surface area contributed by atoms with E-state index in [9.17, 15) is 0 Å². The Kier molecular flexibility index (Phi) is 1.43. The van der Waals surface area contributed by atoms with Crippen molar-refractivity contribution in [3.05, 3.63) is 29.3 Å². The van der Waals surface area contributed by atoms with Gasteiger partial charge in [0.1, 0.15) is 5.75 Å². The van der Waals surface area contributed by atoms with Crippen molar-refractivity contribution in [3.63, 3.8) is 0 Å². The van der Waals surface area contributed by atoms with Crippen LogP contribution in [0.2, 0.25) is 0 Å². The summed E-state index contributed by atoms with van der Waals surface area (Å²) in [6.45, 7) is 3.07. The molecule has 0 bridgehead atoms. The number of ether oxygens (including phenoxy) is 1. The molecule has 1 fully saturated rings. The van der Waals surface area contributed by atoms with Crippen LogP contribution < -0.4 is 4.74 Å². The third kappa shape index (κ3) is 1.14. The lowest BCUT2D eigenvalue weighted by Crippen LogP contribution is -1.96. The molecule has 0 saturated heterocycles. The highest BCUT2D eigenvalue weighted by Gasteiger charge is 2.41. The summed E-state index contributed by atoms with van der Waals surface area (Å²) in [5, 5.41) is 0. The van der Waals surface area contributed by atoms with Crippen LogP contribution in [0.1, 0.15) is 29.9 Å². The monoisotopic (exact) mass is 174 g/mol. The Morgan fingerprint density at radius 1 is 1.38 bits per heavy atom. The van der Waals surface area contributed by atoms with Gasteiger partial charge < -0.3 is 4.74 Å². The van der Waals surface area contributed by atoms with E-state index in [0.29, 0.717) is 0 Å². The fourth-order valence-corrected chi connectivity index (χ4v) is 2.36. The van der Waals surface area contributed by atoms with Crippen molar-refractivity contribution in [3.8, 4) is 5.75 Å². The van der Waals surface area contributed by atoms with Crippen molar-refractivity contribution < 1.29 is 4.74 Å². The van der Waals surface area contributed by atoms with Gasteiger partial charge in [-0.25, -0.2) is 0 Å². The molecule has 68 valence electrons. The summed E-state index contributed by atoms with van der Waals surface area (Å²) < 4.78 is 5.70. The predicted molar refractivity (Wildman–Crippen MR) is 52.1 cm³/mol. The lowest BCUT2D eigenvalue weighted by Gasteiger charge is -2.08. The number of benzene rings is 1. The Morgan fingerprint density at radius 3 is 3.23 bits per heavy atom. The molecule has 0 aromatic heterocycles. The van der Waals surface area contributed by atoms with E-state index in [0.717, 1.165) is 24.2 Å². The molecule has 0 amide bonds. The minimum Gasteiger partial charge on any atom is -0.493 e. The quantitative estimate of drug-likeness (QED) is 0.587. The molecule has 0 radical (unpaired) electrons. The van der Waals surface area contributed by atoms with E-state index in [4.69, 9.17) is 4.74 Å². The van der Waals surface area contributed by atoms with Gasteiger partial charge in [-0.15, -0.1) is 0 Å². The summed E-state index contributed by atoms with van der Waals surface area (Å²) in [5.41, 5.74) is 2.82. The molecule has 3 rings (SSSR count). The van der Waals surface area contributed by atoms with Crippen molar-refractivity contribution in [2.24, 2.45) is 5.92 Å². The van der Waals surface area contributed by atoms with Crippen molar-refractivity contribution in [2.75, 3.05) is 6.61 Å². The zero-order chi connectivity index (χ0) is 8.84. The van der Waals surface area contributed by atoms with Gasteiger partial charge in [-0.2, -0.15) is 0 Å². The van der Waals surface area contributed by atoms with Crippen LogP contribution in [0.4, 0.5) is 0 Å². The van der Waals surface area contributed by atoms with Crippen molar-refractivity contribution >= 4 is 0 Å². The molecule has 1 aromatic carbocycles. The van der Waals surface area contributed by atoms with E-state index in [1.165, 1.54) is 24.0 Å². The minimum atomic E-state index is 0.817. The highest BCUT2D eigenvalue weighted by atomic mass is 16.5. The Bertz CT molecular complexity index is 343. The molecule has 13 heavy (non-hydrogen) atoms. The molecule has 1 heterocycles. The third-order valence-electron chi connectivity index (χ3n) is 3.23. The summed E-state index contributed by atoms with van der Waals surface area (Å²) >= 11 is 0. The SMILES string of the molecule is Cc1ccc2c(c1)C1CC1CCO2. The molecule has 2 aliphatic rings. The largest absolute Gasteiger partial charge is 0.493 e. The van der Waals surface area contributed by atoms with Crippen LogP contribution in [0, 0.1) is 12.8 Å². The van der Waals surface area contributed by atoms with E-state index in [1.54, 1.807) is 0 Å². The van der Waals surface area contributed by atoms with Gasteiger partial charge in [0.15, 0.2) is 0 Å². The van der Waals surface area contributed by atoms with Crippen LogP contribution in [-0.2, 0) is 0 Å². The summed E-state index contributed by atoms with van der Waals surface area (Å²) in [5.74, 6) is 2.87. The van der Waals surface area contributed by atoms with Gasteiger partial charge in [-0.05, 0) is 43.2 Å². The maximum absolute atomic E-state index is 5.70. The first kappa shape index (κ1) is 7.43. The van der Waals surface area contributed by atoms with E-state index in [-0.39, 0.29) is 0 Å². The van der Waals surface area contributed by atoms with Gasteiger partial charge >= 0.3 is 0 Å². The second-order valence-corrected chi connectivity index (χ2v) is 4.28. The summed E-state index contributed by atoms with van der Waals surface area (Å²) in [6.07, 6.45) is 2.64. The summed E-state index contributed by atoms with van der Waals surface area (Å²) in [6, 6.07) is 6.57. The second-order valence-electron chi connectivity index (χ2n) is 4.28. The number of rotatable bonds is 0. The topological polar surface area (TPSA) is 9.23 Å². The zero-order valence-electron chi connectivity index (χ0n) is 7.92. The van der Waals surface area contributed by atoms with Crippen LogP contribution >= 0.6 is 0 Å². The van der Waals surface area contributed by atoms with Crippen LogP contribution in [0.25, 0.3) is 0 Å². The van der Waals surface area contributed by atoms with Gasteiger partial charge in [0.2, 0.25) is 0 Å². The van der Waals surface area contributed by atoms with Gasteiger partial charge in [-0.1, -0.05) is 17.7 Å².